The lowest BCUT2D eigenvalue weighted by Gasteiger charge is -2.27. The van der Waals surface area contributed by atoms with Gasteiger partial charge in [-0.15, -0.1) is 0 Å². The van der Waals surface area contributed by atoms with Gasteiger partial charge in [0.1, 0.15) is 11.7 Å². The smallest absolute Gasteiger partial charge is 0.165 e. The summed E-state index contributed by atoms with van der Waals surface area (Å²) in [5.41, 5.74) is 7.59. The third-order valence-corrected chi connectivity index (χ3v) is 4.71. The van der Waals surface area contributed by atoms with Crippen LogP contribution in [0.25, 0.3) is 0 Å². The quantitative estimate of drug-likeness (QED) is 0.900. The Hall–Kier alpha value is -1.22. The van der Waals surface area contributed by atoms with E-state index in [0.29, 0.717) is 0 Å². The first kappa shape index (κ1) is 13.7. The van der Waals surface area contributed by atoms with E-state index in [-0.39, 0.29) is 23.2 Å². The summed E-state index contributed by atoms with van der Waals surface area (Å²) in [6.45, 7) is 8.66. The Labute approximate surface area is 121 Å². The van der Waals surface area contributed by atoms with E-state index in [4.69, 9.17) is 15.2 Å². The Morgan fingerprint density at radius 1 is 1.25 bits per heavy atom. The molecule has 1 aromatic rings. The van der Waals surface area contributed by atoms with Crippen LogP contribution in [0.3, 0.4) is 0 Å². The molecule has 1 heterocycles. The molecule has 3 rings (SSSR count). The fraction of sp³-hybridized carbons (Fsp3) is 0.647. The normalized spacial score (nSPS) is 29.9. The van der Waals surface area contributed by atoms with Crippen LogP contribution in [0.2, 0.25) is 0 Å². The molecule has 3 heteroatoms. The molecule has 2 unspecified atom stereocenters. The third kappa shape index (κ3) is 2.28. The van der Waals surface area contributed by atoms with Gasteiger partial charge in [-0.05, 0) is 38.2 Å². The van der Waals surface area contributed by atoms with Crippen molar-refractivity contribution in [3.05, 3.63) is 23.8 Å². The van der Waals surface area contributed by atoms with E-state index in [1.807, 2.05) is 12.1 Å². The Balaban J connectivity index is 1.82. The zero-order chi connectivity index (χ0) is 14.5. The number of hydrogen-bond acceptors (Lipinski definition) is 3. The largest absolute Gasteiger partial charge is 0.485 e. The van der Waals surface area contributed by atoms with Crippen LogP contribution in [0.1, 0.15) is 46.1 Å². The van der Waals surface area contributed by atoms with Gasteiger partial charge >= 0.3 is 0 Å². The van der Waals surface area contributed by atoms with Crippen molar-refractivity contribution in [1.29, 1.82) is 0 Å². The minimum absolute atomic E-state index is 0.0766. The number of para-hydroxylation sites is 1. The highest BCUT2D eigenvalue weighted by molar-refractivity contribution is 5.50. The van der Waals surface area contributed by atoms with Gasteiger partial charge in [-0.1, -0.05) is 26.0 Å². The number of ether oxygens (including phenoxy) is 2. The Morgan fingerprint density at radius 2 is 2.00 bits per heavy atom. The van der Waals surface area contributed by atoms with Gasteiger partial charge in [-0.2, -0.15) is 0 Å². The molecule has 3 nitrogen and oxygen atoms in total. The fourth-order valence-electron chi connectivity index (χ4n) is 3.34. The highest BCUT2D eigenvalue weighted by Crippen LogP contribution is 2.44. The number of fused-ring (bicyclic) bond motifs is 1. The Kier molecular flexibility index (Phi) is 3.02. The minimum atomic E-state index is -0.140. The lowest BCUT2D eigenvalue weighted by molar-refractivity contribution is 0.119. The predicted molar refractivity (Wildman–Crippen MR) is 80.3 cm³/mol. The van der Waals surface area contributed by atoms with Crippen molar-refractivity contribution in [1.82, 2.24) is 0 Å². The molecule has 2 atom stereocenters. The van der Waals surface area contributed by atoms with Crippen LogP contribution in [0.4, 0.5) is 0 Å². The fourth-order valence-corrected chi connectivity index (χ4v) is 3.34. The second-order valence-electron chi connectivity index (χ2n) is 7.49. The standard InChI is InChI=1S/C17H25NO2/c1-16(2)9-8-13(15(16)18)19-12-7-5-6-11-10-17(3,4)20-14(11)12/h5-7,13,15H,8-10,18H2,1-4H3. The summed E-state index contributed by atoms with van der Waals surface area (Å²) >= 11 is 0. The summed E-state index contributed by atoms with van der Waals surface area (Å²) in [6, 6.07) is 6.24. The third-order valence-electron chi connectivity index (χ3n) is 4.71. The summed E-state index contributed by atoms with van der Waals surface area (Å²) in [5, 5.41) is 0. The molecule has 0 bridgehead atoms. The van der Waals surface area contributed by atoms with Crippen LogP contribution in [0, 0.1) is 5.41 Å². The maximum absolute atomic E-state index is 6.34. The van der Waals surface area contributed by atoms with Crippen LogP contribution in [0.15, 0.2) is 18.2 Å². The van der Waals surface area contributed by atoms with Gasteiger partial charge in [0.2, 0.25) is 0 Å². The molecule has 2 N–H and O–H groups in total. The van der Waals surface area contributed by atoms with E-state index in [1.165, 1.54) is 5.56 Å². The molecule has 0 amide bonds. The first-order valence-corrected chi connectivity index (χ1v) is 7.52. The first-order valence-electron chi connectivity index (χ1n) is 7.52. The van der Waals surface area contributed by atoms with Crippen molar-refractivity contribution >= 4 is 0 Å². The molecule has 1 fully saturated rings. The van der Waals surface area contributed by atoms with Crippen LogP contribution in [-0.2, 0) is 6.42 Å². The highest BCUT2D eigenvalue weighted by Gasteiger charge is 2.42. The van der Waals surface area contributed by atoms with Crippen LogP contribution in [-0.4, -0.2) is 17.7 Å². The van der Waals surface area contributed by atoms with Crippen molar-refractivity contribution in [2.45, 2.75) is 64.7 Å². The maximum atomic E-state index is 6.34. The molecule has 2 aliphatic rings. The predicted octanol–water partition coefficient (Wildman–Crippen LogP) is 3.29. The zero-order valence-corrected chi connectivity index (χ0v) is 12.9. The molecule has 1 aliphatic carbocycles. The maximum Gasteiger partial charge on any atom is 0.165 e. The summed E-state index contributed by atoms with van der Waals surface area (Å²) < 4.78 is 12.3. The molecule has 0 spiro atoms. The van der Waals surface area contributed by atoms with Crippen LogP contribution < -0.4 is 15.2 Å². The molecule has 0 aromatic heterocycles. The second kappa shape index (κ2) is 4.39. The number of rotatable bonds is 2. The van der Waals surface area contributed by atoms with Crippen molar-refractivity contribution in [3.8, 4) is 11.5 Å². The zero-order valence-electron chi connectivity index (χ0n) is 12.9. The summed E-state index contributed by atoms with van der Waals surface area (Å²) in [6.07, 6.45) is 3.15. The number of hydrogen-bond donors (Lipinski definition) is 1. The molecular formula is C17H25NO2. The van der Waals surface area contributed by atoms with Gasteiger partial charge in [0, 0.05) is 18.0 Å². The highest BCUT2D eigenvalue weighted by atomic mass is 16.5. The summed E-state index contributed by atoms with van der Waals surface area (Å²) in [5.74, 6) is 1.76. The van der Waals surface area contributed by atoms with Gasteiger partial charge in [-0.25, -0.2) is 0 Å². The monoisotopic (exact) mass is 275 g/mol. The molecule has 0 radical (unpaired) electrons. The van der Waals surface area contributed by atoms with Crippen molar-refractivity contribution in [2.75, 3.05) is 0 Å². The molecule has 1 saturated carbocycles. The Morgan fingerprint density at radius 3 is 2.65 bits per heavy atom. The first-order chi connectivity index (χ1) is 9.28. The second-order valence-corrected chi connectivity index (χ2v) is 7.49. The van der Waals surface area contributed by atoms with Gasteiger partial charge in [-0.3, -0.25) is 0 Å². The Bertz CT molecular complexity index is 522. The molecule has 20 heavy (non-hydrogen) atoms. The van der Waals surface area contributed by atoms with E-state index >= 15 is 0 Å². The molecule has 0 saturated heterocycles. The molecule has 110 valence electrons. The van der Waals surface area contributed by atoms with Gasteiger partial charge in [0.25, 0.3) is 0 Å². The lowest BCUT2D eigenvalue weighted by atomic mass is 9.88. The average molecular weight is 275 g/mol. The van der Waals surface area contributed by atoms with E-state index < -0.39 is 0 Å². The van der Waals surface area contributed by atoms with Crippen molar-refractivity contribution < 1.29 is 9.47 Å². The molecule has 1 aliphatic heterocycles. The number of benzene rings is 1. The number of nitrogens with two attached hydrogens (primary N) is 1. The molecular weight excluding hydrogens is 250 g/mol. The van der Waals surface area contributed by atoms with E-state index in [9.17, 15) is 0 Å². The van der Waals surface area contributed by atoms with Gasteiger partial charge in [0.15, 0.2) is 11.5 Å². The van der Waals surface area contributed by atoms with Crippen LogP contribution in [0.5, 0.6) is 11.5 Å². The summed E-state index contributed by atoms with van der Waals surface area (Å²) in [4.78, 5) is 0. The molecule has 1 aromatic carbocycles. The summed E-state index contributed by atoms with van der Waals surface area (Å²) in [7, 11) is 0. The van der Waals surface area contributed by atoms with E-state index in [1.54, 1.807) is 0 Å². The van der Waals surface area contributed by atoms with Crippen molar-refractivity contribution in [2.24, 2.45) is 11.1 Å². The average Bonchev–Trinajstić information content (AvgIpc) is 2.79. The van der Waals surface area contributed by atoms with E-state index in [2.05, 4.69) is 33.8 Å². The van der Waals surface area contributed by atoms with Gasteiger partial charge in [0.05, 0.1) is 0 Å². The SMILES string of the molecule is CC1(C)Cc2cccc(OC3CCC(C)(C)C3N)c2O1. The van der Waals surface area contributed by atoms with Crippen molar-refractivity contribution in [3.63, 3.8) is 0 Å². The minimum Gasteiger partial charge on any atom is -0.485 e. The van der Waals surface area contributed by atoms with Gasteiger partial charge < -0.3 is 15.2 Å². The van der Waals surface area contributed by atoms with Crippen LogP contribution >= 0.6 is 0 Å². The lowest BCUT2D eigenvalue weighted by Crippen LogP contribution is -2.42. The topological polar surface area (TPSA) is 44.5 Å². The van der Waals surface area contributed by atoms with E-state index in [0.717, 1.165) is 30.8 Å².